The van der Waals surface area contributed by atoms with E-state index in [9.17, 15) is 14.4 Å². The maximum atomic E-state index is 13.0. The van der Waals surface area contributed by atoms with Gasteiger partial charge in [-0.25, -0.2) is 4.98 Å². The molecule has 0 aliphatic heterocycles. The molecular weight excluding hydrogens is 396 g/mol. The summed E-state index contributed by atoms with van der Waals surface area (Å²) in [5.74, 6) is -0.0656. The van der Waals surface area contributed by atoms with E-state index in [1.807, 2.05) is 0 Å². The highest BCUT2D eigenvalue weighted by molar-refractivity contribution is 7.20. The highest BCUT2D eigenvalue weighted by Crippen LogP contribution is 2.30. The van der Waals surface area contributed by atoms with Crippen molar-refractivity contribution in [2.75, 3.05) is 19.5 Å². The summed E-state index contributed by atoms with van der Waals surface area (Å²) >= 11 is 1.06. The fraction of sp³-hybridized carbons (Fsp3) is 0.263. The third-order valence-electron chi connectivity index (χ3n) is 4.56. The summed E-state index contributed by atoms with van der Waals surface area (Å²) in [7, 11) is 3.00. The van der Waals surface area contributed by atoms with Gasteiger partial charge in [-0.1, -0.05) is 0 Å². The fourth-order valence-electron chi connectivity index (χ4n) is 2.92. The number of carbonyl (C=O) groups excluding carboxylic acids is 2. The number of nitrogens with one attached hydrogen (secondary N) is 1. The van der Waals surface area contributed by atoms with Gasteiger partial charge in [-0.15, -0.1) is 11.3 Å². The number of primary amides is 1. The Bertz CT molecular complexity index is 1170. The van der Waals surface area contributed by atoms with Crippen molar-refractivity contribution in [1.82, 2.24) is 9.55 Å². The lowest BCUT2D eigenvalue weighted by Crippen LogP contribution is -2.32. The first-order valence-electron chi connectivity index (χ1n) is 8.61. The molecule has 0 radical (unpaired) electrons. The monoisotopic (exact) mass is 416 g/mol. The minimum atomic E-state index is -0.869. The summed E-state index contributed by atoms with van der Waals surface area (Å²) in [6, 6.07) is 4.12. The van der Waals surface area contributed by atoms with Crippen LogP contribution < -0.4 is 26.1 Å². The average molecular weight is 416 g/mol. The quantitative estimate of drug-likeness (QED) is 0.634. The number of carbonyl (C=O) groups is 2. The highest BCUT2D eigenvalue weighted by atomic mass is 32.1. The van der Waals surface area contributed by atoms with Crippen LogP contribution in [0.15, 0.2) is 29.3 Å². The molecule has 2 aromatic heterocycles. The first kappa shape index (κ1) is 20.3. The van der Waals surface area contributed by atoms with Crippen LogP contribution in [-0.2, 0) is 4.79 Å². The van der Waals surface area contributed by atoms with E-state index in [1.54, 1.807) is 32.0 Å². The topological polar surface area (TPSA) is 126 Å². The zero-order chi connectivity index (χ0) is 21.3. The largest absolute Gasteiger partial charge is 0.497 e. The van der Waals surface area contributed by atoms with E-state index in [2.05, 4.69) is 10.3 Å². The Balaban J connectivity index is 1.97. The maximum Gasteiger partial charge on any atom is 0.263 e. The molecule has 10 heteroatoms. The number of thiophene rings is 1. The summed E-state index contributed by atoms with van der Waals surface area (Å²) in [6.45, 7) is 3.21. The molecular formula is C19H20N4O5S. The molecule has 2 amide bonds. The number of nitrogens with two attached hydrogens (primary N) is 1. The number of benzene rings is 1. The minimum Gasteiger partial charge on any atom is -0.497 e. The summed E-state index contributed by atoms with van der Waals surface area (Å²) < 4.78 is 11.7. The predicted molar refractivity (Wildman–Crippen MR) is 110 cm³/mol. The standard InChI is InChI=1S/C19H20N4O5S/c1-9-14-18(29-15(9)16(20)24)21-8-23(19(14)26)10(2)17(25)22-12-7-11(27-3)5-6-13(12)28-4/h5-8,10H,1-4H3,(H2,20,24)(H,22,25). The Morgan fingerprint density at radius 2 is 2.00 bits per heavy atom. The number of ether oxygens (including phenoxy) is 2. The Morgan fingerprint density at radius 1 is 1.28 bits per heavy atom. The van der Waals surface area contributed by atoms with E-state index in [0.717, 1.165) is 11.3 Å². The molecule has 9 nitrogen and oxygen atoms in total. The van der Waals surface area contributed by atoms with Crippen molar-refractivity contribution in [3.05, 3.63) is 45.3 Å². The molecule has 0 saturated heterocycles. The summed E-state index contributed by atoms with van der Waals surface area (Å²) in [4.78, 5) is 42.2. The van der Waals surface area contributed by atoms with Crippen LogP contribution in [0.25, 0.3) is 10.2 Å². The van der Waals surface area contributed by atoms with E-state index in [0.29, 0.717) is 27.6 Å². The number of anilines is 1. The van der Waals surface area contributed by atoms with E-state index >= 15 is 0 Å². The van der Waals surface area contributed by atoms with Crippen LogP contribution in [-0.4, -0.2) is 35.6 Å². The minimum absolute atomic E-state index is 0.278. The second-order valence-corrected chi connectivity index (χ2v) is 7.29. The number of nitrogens with zero attached hydrogens (tertiary/aromatic N) is 2. The van der Waals surface area contributed by atoms with Crippen molar-refractivity contribution < 1.29 is 19.1 Å². The lowest BCUT2D eigenvalue weighted by Gasteiger charge is -2.17. The van der Waals surface area contributed by atoms with Crippen LogP contribution in [0.2, 0.25) is 0 Å². The van der Waals surface area contributed by atoms with E-state index in [4.69, 9.17) is 15.2 Å². The van der Waals surface area contributed by atoms with Gasteiger partial charge in [-0.2, -0.15) is 0 Å². The van der Waals surface area contributed by atoms with Crippen LogP contribution in [0.5, 0.6) is 11.5 Å². The van der Waals surface area contributed by atoms with E-state index in [-0.39, 0.29) is 10.3 Å². The summed E-state index contributed by atoms with van der Waals surface area (Å²) in [5.41, 5.74) is 5.82. The fourth-order valence-corrected chi connectivity index (χ4v) is 3.91. The summed E-state index contributed by atoms with van der Waals surface area (Å²) in [5, 5.41) is 3.03. The van der Waals surface area contributed by atoms with E-state index in [1.165, 1.54) is 25.1 Å². The highest BCUT2D eigenvalue weighted by Gasteiger charge is 2.23. The van der Waals surface area contributed by atoms with Crippen molar-refractivity contribution in [3.8, 4) is 11.5 Å². The molecule has 0 fully saturated rings. The predicted octanol–water partition coefficient (Wildman–Crippen LogP) is 2.08. The number of fused-ring (bicyclic) bond motifs is 1. The second kappa shape index (κ2) is 7.92. The molecule has 1 aromatic carbocycles. The number of rotatable bonds is 6. The number of hydrogen-bond acceptors (Lipinski definition) is 7. The second-order valence-electron chi connectivity index (χ2n) is 6.29. The van der Waals surface area contributed by atoms with Gasteiger partial charge in [-0.3, -0.25) is 19.0 Å². The Labute approximate surface area is 170 Å². The van der Waals surface area contributed by atoms with Gasteiger partial charge in [0, 0.05) is 6.07 Å². The first-order chi connectivity index (χ1) is 13.8. The first-order valence-corrected chi connectivity index (χ1v) is 9.43. The molecule has 152 valence electrons. The molecule has 3 aromatic rings. The molecule has 0 saturated carbocycles. The Hall–Kier alpha value is -3.40. The lowest BCUT2D eigenvalue weighted by molar-refractivity contribution is -0.118. The van der Waals surface area contributed by atoms with Crippen molar-refractivity contribution in [3.63, 3.8) is 0 Å². The molecule has 1 unspecified atom stereocenters. The van der Waals surface area contributed by atoms with Gasteiger partial charge in [0.25, 0.3) is 11.5 Å². The van der Waals surface area contributed by atoms with Crippen LogP contribution >= 0.6 is 11.3 Å². The van der Waals surface area contributed by atoms with Gasteiger partial charge in [0.2, 0.25) is 5.91 Å². The number of amides is 2. The van der Waals surface area contributed by atoms with Crippen molar-refractivity contribution in [2.45, 2.75) is 19.9 Å². The Kier molecular flexibility index (Phi) is 5.55. The molecule has 0 spiro atoms. The van der Waals surface area contributed by atoms with Crippen molar-refractivity contribution >= 4 is 39.1 Å². The van der Waals surface area contributed by atoms with Gasteiger partial charge in [-0.05, 0) is 31.5 Å². The van der Waals surface area contributed by atoms with Crippen LogP contribution in [0.4, 0.5) is 5.69 Å². The molecule has 29 heavy (non-hydrogen) atoms. The number of methoxy groups -OCH3 is 2. The lowest BCUT2D eigenvalue weighted by atomic mass is 10.2. The zero-order valence-electron chi connectivity index (χ0n) is 16.3. The van der Waals surface area contributed by atoms with Gasteiger partial charge >= 0.3 is 0 Å². The Morgan fingerprint density at radius 3 is 2.62 bits per heavy atom. The average Bonchev–Trinajstić information content (AvgIpc) is 3.05. The van der Waals surface area contributed by atoms with Crippen LogP contribution in [0, 0.1) is 6.92 Å². The van der Waals surface area contributed by atoms with Crippen LogP contribution in [0.1, 0.15) is 28.2 Å². The number of hydrogen-bond donors (Lipinski definition) is 2. The van der Waals surface area contributed by atoms with Crippen molar-refractivity contribution in [1.29, 1.82) is 0 Å². The molecule has 3 rings (SSSR count). The van der Waals surface area contributed by atoms with Gasteiger partial charge in [0.05, 0.1) is 36.5 Å². The SMILES string of the molecule is COc1ccc(OC)c(NC(=O)C(C)n2cnc3sc(C(N)=O)c(C)c3c2=O)c1. The third kappa shape index (κ3) is 3.66. The number of aromatic nitrogens is 2. The van der Waals surface area contributed by atoms with Crippen LogP contribution in [0.3, 0.4) is 0 Å². The van der Waals surface area contributed by atoms with Gasteiger partial charge in [0.1, 0.15) is 22.4 Å². The molecule has 3 N–H and O–H groups in total. The smallest absolute Gasteiger partial charge is 0.263 e. The molecule has 0 bridgehead atoms. The van der Waals surface area contributed by atoms with Crippen molar-refractivity contribution in [2.24, 2.45) is 5.73 Å². The molecule has 1 atom stereocenters. The maximum absolute atomic E-state index is 13.0. The van der Waals surface area contributed by atoms with E-state index < -0.39 is 23.4 Å². The van der Waals surface area contributed by atoms with Gasteiger partial charge < -0.3 is 20.5 Å². The molecule has 0 aliphatic carbocycles. The number of aryl methyl sites for hydroxylation is 1. The molecule has 0 aliphatic rings. The normalized spacial score (nSPS) is 11.9. The molecule has 2 heterocycles. The zero-order valence-corrected chi connectivity index (χ0v) is 17.1. The third-order valence-corrected chi connectivity index (χ3v) is 5.78. The summed E-state index contributed by atoms with van der Waals surface area (Å²) in [6.07, 6.45) is 1.29. The van der Waals surface area contributed by atoms with Gasteiger partial charge in [0.15, 0.2) is 0 Å².